The van der Waals surface area contributed by atoms with E-state index in [2.05, 4.69) is 56.1 Å². The van der Waals surface area contributed by atoms with E-state index in [1.54, 1.807) is 17.0 Å². The molecule has 0 spiro atoms. The Bertz CT molecular complexity index is 3250. The maximum absolute atomic E-state index is 12.5. The number of nitrogens with zero attached hydrogens (tertiary/aromatic N) is 9. The fourth-order valence-corrected chi connectivity index (χ4v) is 8.17. The Kier molecular flexibility index (Phi) is 14.6. The van der Waals surface area contributed by atoms with Crippen molar-refractivity contribution < 1.29 is 59.0 Å². The summed E-state index contributed by atoms with van der Waals surface area (Å²) in [7, 11) is -14.6. The maximum atomic E-state index is 12.5. The lowest BCUT2D eigenvalue weighted by molar-refractivity contribution is -0.214. The molecule has 0 aliphatic rings. The van der Waals surface area contributed by atoms with Crippen LogP contribution < -0.4 is 30.7 Å². The summed E-state index contributed by atoms with van der Waals surface area (Å²) in [5, 5.41) is 55.1. The summed E-state index contributed by atoms with van der Waals surface area (Å²) in [6.07, 6.45) is 0.394. The van der Waals surface area contributed by atoms with Gasteiger partial charge in [-0.05, 0) is 88.9 Å². The molecule has 0 bridgehead atoms. The highest BCUT2D eigenvalue weighted by Crippen LogP contribution is 2.43. The van der Waals surface area contributed by atoms with E-state index >= 15 is 0 Å². The number of hydrogen-bond donors (Lipinski definition) is 9. The second-order valence-corrected chi connectivity index (χ2v) is 18.1. The molecule has 2 aromatic heterocycles. The second-order valence-electron chi connectivity index (χ2n) is 13.2. The van der Waals surface area contributed by atoms with Crippen molar-refractivity contribution in [1.29, 1.82) is 5.41 Å². The summed E-state index contributed by atoms with van der Waals surface area (Å²) >= 11 is 12.4. The number of phenols is 1. The highest BCUT2D eigenvalue weighted by Gasteiger charge is 2.27. The Morgan fingerprint density at radius 2 is 1.41 bits per heavy atom. The first kappa shape index (κ1) is 48.7. The molecule has 0 fully saturated rings. The van der Waals surface area contributed by atoms with Gasteiger partial charge < -0.3 is 46.3 Å². The van der Waals surface area contributed by atoms with Gasteiger partial charge in [-0.15, -0.1) is 10.2 Å². The van der Waals surface area contributed by atoms with Crippen molar-refractivity contribution >= 4 is 117 Å². The van der Waals surface area contributed by atoms with E-state index in [1.807, 2.05) is 0 Å². The number of rotatable bonds is 19. The van der Waals surface area contributed by atoms with Crippen molar-refractivity contribution in [2.75, 3.05) is 54.2 Å². The zero-order valence-electron chi connectivity index (χ0n) is 33.3. The van der Waals surface area contributed by atoms with Crippen molar-refractivity contribution in [1.82, 2.24) is 29.9 Å². The van der Waals surface area contributed by atoms with Crippen LogP contribution in [0.25, 0.3) is 10.8 Å². The first-order valence-corrected chi connectivity index (χ1v) is 23.3. The summed E-state index contributed by atoms with van der Waals surface area (Å²) in [5.74, 6) is -2.41. The zero-order chi connectivity index (χ0) is 48.1. The normalized spacial score (nSPS) is 12.0. The Morgan fingerprint density at radius 1 is 0.773 bits per heavy atom. The molecule has 0 unspecified atom stereocenters. The molecule has 66 heavy (non-hydrogen) atoms. The van der Waals surface area contributed by atoms with Gasteiger partial charge in [0.25, 0.3) is 30.4 Å². The van der Waals surface area contributed by atoms with Gasteiger partial charge in [-0.25, -0.2) is 0 Å². The molecule has 0 saturated carbocycles. The molecule has 0 aliphatic heterocycles. The van der Waals surface area contributed by atoms with Crippen molar-refractivity contribution in [3.05, 3.63) is 76.8 Å². The molecule has 0 atom stereocenters. The summed E-state index contributed by atoms with van der Waals surface area (Å²) in [5.41, 5.74) is -1.12. The number of nitrogens with one attached hydrogen (secondary N) is 4. The molecular formula is C35H32Cl2N13O13S3-. The van der Waals surface area contributed by atoms with Gasteiger partial charge in [0.15, 0.2) is 5.75 Å². The minimum Gasteiger partial charge on any atom is -0.859 e. The smallest absolute Gasteiger partial charge is 0.298 e. The predicted molar refractivity (Wildman–Crippen MR) is 234 cm³/mol. The van der Waals surface area contributed by atoms with Crippen molar-refractivity contribution in [2.45, 2.75) is 21.1 Å². The largest absolute Gasteiger partial charge is 0.859 e. The van der Waals surface area contributed by atoms with Gasteiger partial charge in [0.2, 0.25) is 34.4 Å². The third-order valence-corrected chi connectivity index (χ3v) is 11.7. The molecule has 6 rings (SSSR count). The average molecular weight is 1010 g/mol. The van der Waals surface area contributed by atoms with Gasteiger partial charge in [0, 0.05) is 42.5 Å². The van der Waals surface area contributed by atoms with Crippen LogP contribution in [-0.2, 0) is 30.4 Å². The highest BCUT2D eigenvalue weighted by molar-refractivity contribution is 7.86. The number of aromatic nitrogens is 6. The van der Waals surface area contributed by atoms with Crippen LogP contribution in [0.1, 0.15) is 12.0 Å². The lowest BCUT2D eigenvalue weighted by atomic mass is 10.1. The van der Waals surface area contributed by atoms with Gasteiger partial charge in [-0.2, -0.15) is 55.2 Å². The van der Waals surface area contributed by atoms with E-state index in [-0.39, 0.29) is 82.6 Å². The third-order valence-electron chi connectivity index (χ3n) is 8.77. The lowest BCUT2D eigenvalue weighted by Crippen LogP contribution is -2.31. The van der Waals surface area contributed by atoms with Crippen molar-refractivity contribution in [3.63, 3.8) is 0 Å². The quantitative estimate of drug-likeness (QED) is 0.0183. The standard InChI is InChI=1S/C35H33Cl2N13O13S3/c1-63-23-16-24(64(54,55)56)22(15-25(23)65(57,58)59)48-49-27-26(66(60,61)62)14-18-13-20(6-7-21(18)28(27)52)41-33-43-30(36)42-32(46-33)39-8-3-9-50(10-11-51)35-45-31(37)44-34(47-35)40-19-5-2-4-17(12-19)29(38)53/h2,4-7,12-16,51-52H,3,8-11H2,1H3,(H2,38,53)(H,54,55,56)(H,57,58,59)(H,60,61,62)(H,40,44,45,47)(H2,39,41,42,43,46)/p-1. The lowest BCUT2D eigenvalue weighted by Gasteiger charge is -2.22. The van der Waals surface area contributed by atoms with Crippen LogP contribution >= 0.6 is 23.2 Å². The number of anilines is 6. The zero-order valence-corrected chi connectivity index (χ0v) is 37.3. The number of aliphatic hydroxyl groups is 1. The summed E-state index contributed by atoms with van der Waals surface area (Å²) in [6.45, 7) is 0.360. The fourth-order valence-electron chi connectivity index (χ4n) is 5.92. The molecule has 0 saturated heterocycles. The van der Waals surface area contributed by atoms with E-state index in [0.717, 1.165) is 13.2 Å². The highest BCUT2D eigenvalue weighted by atomic mass is 35.5. The SMILES string of the molecule is COc1cc(S(=O)(=O)O)c(N=Nc2c(S(=O)(=O)O)cc3cc(Nc4nc(Cl)nc(NCCCN(CCO)c5nc(Cl)nc(Nc6cccc(C(=N)[O-])c6)n5)n4)ccc3c2O)cc1S(=O)(=O)O. The molecule has 31 heteroatoms. The summed E-state index contributed by atoms with van der Waals surface area (Å²) in [6, 6.07) is 11.9. The van der Waals surface area contributed by atoms with Crippen LogP contribution in [0.4, 0.5) is 46.5 Å². The number of azo groups is 1. The van der Waals surface area contributed by atoms with Crippen LogP contribution in [0.3, 0.4) is 0 Å². The topological polar surface area (TPSA) is 401 Å². The van der Waals surface area contributed by atoms with Crippen LogP contribution in [0.15, 0.2) is 85.6 Å². The molecule has 6 aromatic rings. The van der Waals surface area contributed by atoms with Crippen LogP contribution in [-0.4, -0.2) is 118 Å². The molecule has 0 radical (unpaired) electrons. The number of fused-ring (bicyclic) bond motifs is 1. The molecule has 0 aliphatic carbocycles. The predicted octanol–water partition coefficient (Wildman–Crippen LogP) is 3.86. The third kappa shape index (κ3) is 11.9. The molecule has 26 nitrogen and oxygen atoms in total. The van der Waals surface area contributed by atoms with Crippen LogP contribution in [0, 0.1) is 5.41 Å². The van der Waals surface area contributed by atoms with Gasteiger partial charge >= 0.3 is 0 Å². The first-order valence-electron chi connectivity index (χ1n) is 18.2. The van der Waals surface area contributed by atoms with E-state index in [1.165, 1.54) is 30.3 Å². The number of halogens is 2. The number of aromatic hydroxyl groups is 1. The van der Waals surface area contributed by atoms with Crippen LogP contribution in [0.5, 0.6) is 11.5 Å². The minimum absolute atomic E-state index is 0.0223. The Hall–Kier alpha value is -6.70. The Labute approximate surface area is 383 Å². The number of phenolic OH excluding ortho intramolecular Hbond substituents is 1. The number of hydrogen-bond acceptors (Lipinski definition) is 23. The molecule has 2 heterocycles. The van der Waals surface area contributed by atoms with Gasteiger partial charge in [0.05, 0.1) is 13.7 Å². The number of ether oxygens (including phenoxy) is 1. The minimum atomic E-state index is -5.24. The average Bonchev–Trinajstić information content (AvgIpc) is 3.22. The second kappa shape index (κ2) is 19.8. The molecular weight excluding hydrogens is 978 g/mol. The summed E-state index contributed by atoms with van der Waals surface area (Å²) < 4.78 is 108. The first-order chi connectivity index (χ1) is 31.0. The van der Waals surface area contributed by atoms with E-state index in [0.29, 0.717) is 24.2 Å². The van der Waals surface area contributed by atoms with Gasteiger partial charge in [-0.3, -0.25) is 13.7 Å². The van der Waals surface area contributed by atoms with Crippen molar-refractivity contribution in [3.8, 4) is 11.5 Å². The number of aliphatic hydroxyl groups excluding tert-OH is 1. The molecule has 0 amide bonds. The molecule has 4 aromatic carbocycles. The molecule has 9 N–H and O–H groups in total. The Balaban J connectivity index is 1.19. The van der Waals surface area contributed by atoms with Gasteiger partial charge in [-0.1, -0.05) is 12.1 Å². The van der Waals surface area contributed by atoms with E-state index < -0.39 is 73.8 Å². The Morgan fingerprint density at radius 3 is 2.05 bits per heavy atom. The summed E-state index contributed by atoms with van der Waals surface area (Å²) in [4.78, 5) is 23.5. The monoisotopic (exact) mass is 1010 g/mol. The number of methoxy groups -OCH3 is 1. The van der Waals surface area contributed by atoms with E-state index in [9.17, 15) is 54.2 Å². The van der Waals surface area contributed by atoms with Crippen molar-refractivity contribution in [2.24, 2.45) is 10.2 Å². The maximum Gasteiger partial charge on any atom is 0.298 e. The van der Waals surface area contributed by atoms with E-state index in [4.69, 9.17) is 33.3 Å². The molecule has 348 valence electrons. The van der Waals surface area contributed by atoms with Crippen LogP contribution in [0.2, 0.25) is 10.6 Å². The van der Waals surface area contributed by atoms with Gasteiger partial charge in [0.1, 0.15) is 31.8 Å². The fraction of sp³-hybridized carbons (Fsp3) is 0.171. The number of benzene rings is 4.